The van der Waals surface area contributed by atoms with Crippen molar-refractivity contribution in [1.82, 2.24) is 20.0 Å². The van der Waals surface area contributed by atoms with E-state index >= 15 is 0 Å². The monoisotopic (exact) mass is 332 g/mol. The number of aryl methyl sites for hydroxylation is 1. The summed E-state index contributed by atoms with van der Waals surface area (Å²) in [5.74, 6) is 0.307. The van der Waals surface area contributed by atoms with Gasteiger partial charge in [-0.3, -0.25) is 9.59 Å². The molecule has 1 fully saturated rings. The molecule has 1 unspecified atom stereocenters. The summed E-state index contributed by atoms with van der Waals surface area (Å²) >= 11 is 1.50. The molecule has 2 aromatic heterocycles. The number of rotatable bonds is 3. The van der Waals surface area contributed by atoms with Crippen LogP contribution in [-0.4, -0.2) is 37.7 Å². The smallest absolute Gasteiger partial charge is 0.243 e. The van der Waals surface area contributed by atoms with Crippen molar-refractivity contribution >= 4 is 29.2 Å². The number of hydrogen-bond donors (Lipinski definition) is 2. The predicted octanol–water partition coefficient (Wildman–Crippen LogP) is 1.27. The summed E-state index contributed by atoms with van der Waals surface area (Å²) in [6.45, 7) is 6.08. The van der Waals surface area contributed by atoms with Crippen LogP contribution in [0.25, 0.3) is 5.65 Å². The normalized spacial score (nSPS) is 20.3. The first kappa shape index (κ1) is 15.9. The Morgan fingerprint density at radius 2 is 2.35 bits per heavy atom. The lowest BCUT2D eigenvalue weighted by atomic mass is 10.1. The van der Waals surface area contributed by atoms with Gasteiger partial charge < -0.3 is 15.0 Å². The van der Waals surface area contributed by atoms with Gasteiger partial charge in [0.2, 0.25) is 11.8 Å². The molecule has 0 bridgehead atoms. The van der Waals surface area contributed by atoms with E-state index < -0.39 is 10.8 Å². The van der Waals surface area contributed by atoms with E-state index in [1.165, 1.54) is 11.8 Å². The van der Waals surface area contributed by atoms with Gasteiger partial charge in [0.25, 0.3) is 0 Å². The number of nitrogens with zero attached hydrogens (tertiary/aromatic N) is 2. The molecule has 3 heterocycles. The van der Waals surface area contributed by atoms with Gasteiger partial charge in [-0.2, -0.15) is 0 Å². The molecule has 0 aliphatic carbocycles. The van der Waals surface area contributed by atoms with Crippen molar-refractivity contribution in [1.29, 1.82) is 0 Å². The van der Waals surface area contributed by atoms with Crippen molar-refractivity contribution in [3.8, 4) is 0 Å². The van der Waals surface area contributed by atoms with Crippen LogP contribution in [0, 0.1) is 6.92 Å². The number of fused-ring (bicyclic) bond motifs is 1. The zero-order valence-corrected chi connectivity index (χ0v) is 14.2. The molecule has 0 radical (unpaired) electrons. The minimum atomic E-state index is -0.486. The SMILES string of the molecule is Cc1ccn2cc(CNC(=O)C3CSC(C)(C)C(=O)N3)nc2c1. The number of amides is 2. The minimum absolute atomic E-state index is 0.0999. The van der Waals surface area contributed by atoms with Crippen LogP contribution in [-0.2, 0) is 16.1 Å². The van der Waals surface area contributed by atoms with Crippen molar-refractivity contribution in [2.45, 2.75) is 38.1 Å². The van der Waals surface area contributed by atoms with Gasteiger partial charge in [-0.15, -0.1) is 11.8 Å². The van der Waals surface area contributed by atoms with Crippen LogP contribution in [0.4, 0.5) is 0 Å². The lowest BCUT2D eigenvalue weighted by Gasteiger charge is -2.32. The zero-order valence-electron chi connectivity index (χ0n) is 13.4. The highest BCUT2D eigenvalue weighted by molar-refractivity contribution is 8.01. The Balaban J connectivity index is 1.61. The molecular formula is C16H20N4O2S. The van der Waals surface area contributed by atoms with E-state index in [0.717, 1.165) is 16.9 Å². The Morgan fingerprint density at radius 3 is 3.09 bits per heavy atom. The third kappa shape index (κ3) is 3.34. The van der Waals surface area contributed by atoms with Crippen LogP contribution in [0.3, 0.4) is 0 Å². The highest BCUT2D eigenvalue weighted by Crippen LogP contribution is 2.28. The average Bonchev–Trinajstić information content (AvgIpc) is 2.89. The third-order valence-electron chi connectivity index (χ3n) is 3.89. The third-order valence-corrected chi connectivity index (χ3v) is 5.30. The van der Waals surface area contributed by atoms with Crippen molar-refractivity contribution in [2.75, 3.05) is 5.75 Å². The quantitative estimate of drug-likeness (QED) is 0.887. The summed E-state index contributed by atoms with van der Waals surface area (Å²) < 4.78 is 1.45. The number of hydrogen-bond acceptors (Lipinski definition) is 4. The average molecular weight is 332 g/mol. The maximum absolute atomic E-state index is 12.2. The van der Waals surface area contributed by atoms with Crippen molar-refractivity contribution in [3.63, 3.8) is 0 Å². The Morgan fingerprint density at radius 1 is 1.57 bits per heavy atom. The van der Waals surface area contributed by atoms with Crippen LogP contribution < -0.4 is 10.6 Å². The molecule has 3 rings (SSSR count). The van der Waals surface area contributed by atoms with Crippen LogP contribution >= 0.6 is 11.8 Å². The van der Waals surface area contributed by atoms with Crippen LogP contribution in [0.2, 0.25) is 0 Å². The molecule has 1 atom stereocenters. The Kier molecular flexibility index (Phi) is 4.06. The van der Waals surface area contributed by atoms with Crippen LogP contribution in [0.5, 0.6) is 0 Å². The van der Waals surface area contributed by atoms with Gasteiger partial charge in [0.1, 0.15) is 11.7 Å². The fraction of sp³-hybridized carbons (Fsp3) is 0.438. The second kappa shape index (κ2) is 5.88. The highest BCUT2D eigenvalue weighted by Gasteiger charge is 2.37. The van der Waals surface area contributed by atoms with Crippen molar-refractivity contribution in [2.24, 2.45) is 0 Å². The molecule has 0 spiro atoms. The fourth-order valence-electron chi connectivity index (χ4n) is 2.39. The molecule has 23 heavy (non-hydrogen) atoms. The molecule has 2 N–H and O–H groups in total. The number of aromatic nitrogens is 2. The lowest BCUT2D eigenvalue weighted by molar-refractivity contribution is -0.129. The van der Waals surface area contributed by atoms with Gasteiger partial charge in [0.15, 0.2) is 0 Å². The Hall–Kier alpha value is -2.02. The van der Waals surface area contributed by atoms with Gasteiger partial charge in [-0.05, 0) is 38.5 Å². The van der Waals surface area contributed by atoms with Gasteiger partial charge in [-0.25, -0.2) is 4.98 Å². The largest absolute Gasteiger partial charge is 0.349 e. The van der Waals surface area contributed by atoms with E-state index in [9.17, 15) is 9.59 Å². The van der Waals surface area contributed by atoms with Gasteiger partial charge >= 0.3 is 0 Å². The summed E-state index contributed by atoms with van der Waals surface area (Å²) in [4.78, 5) is 28.6. The summed E-state index contributed by atoms with van der Waals surface area (Å²) in [5.41, 5.74) is 2.79. The van der Waals surface area contributed by atoms with Crippen LogP contribution in [0.15, 0.2) is 24.5 Å². The maximum Gasteiger partial charge on any atom is 0.243 e. The molecular weight excluding hydrogens is 312 g/mol. The fourth-order valence-corrected chi connectivity index (χ4v) is 3.40. The number of imidazole rings is 1. The van der Waals surface area contributed by atoms with Gasteiger partial charge in [0, 0.05) is 18.1 Å². The zero-order chi connectivity index (χ0) is 16.6. The van der Waals surface area contributed by atoms with E-state index in [0.29, 0.717) is 12.3 Å². The standard InChI is InChI=1S/C16H20N4O2S/c1-10-4-5-20-8-11(18-13(20)6-10)7-17-14(21)12-9-23-16(2,3)15(22)19-12/h4-6,8,12H,7,9H2,1-3H3,(H,17,21)(H,19,22). The molecule has 2 amide bonds. The number of nitrogens with one attached hydrogen (secondary N) is 2. The first-order chi connectivity index (χ1) is 10.8. The molecule has 2 aromatic rings. The van der Waals surface area contributed by atoms with Gasteiger partial charge in [-0.1, -0.05) is 0 Å². The maximum atomic E-state index is 12.2. The van der Waals surface area contributed by atoms with E-state index in [4.69, 9.17) is 0 Å². The number of pyridine rings is 1. The van der Waals surface area contributed by atoms with E-state index in [-0.39, 0.29) is 11.8 Å². The van der Waals surface area contributed by atoms with Gasteiger partial charge in [0.05, 0.1) is 17.0 Å². The summed E-state index contributed by atoms with van der Waals surface area (Å²) in [7, 11) is 0. The Bertz CT molecular complexity index is 769. The van der Waals surface area contributed by atoms with E-state index in [1.807, 2.05) is 49.7 Å². The number of carbonyl (C=O) groups is 2. The number of carbonyl (C=O) groups excluding carboxylic acids is 2. The second-order valence-corrected chi connectivity index (χ2v) is 7.91. The molecule has 0 saturated carbocycles. The van der Waals surface area contributed by atoms with E-state index in [1.54, 1.807) is 0 Å². The minimum Gasteiger partial charge on any atom is -0.349 e. The molecule has 0 aromatic carbocycles. The predicted molar refractivity (Wildman–Crippen MR) is 90.2 cm³/mol. The topological polar surface area (TPSA) is 75.5 Å². The van der Waals surface area contributed by atoms with E-state index in [2.05, 4.69) is 15.6 Å². The summed E-state index contributed by atoms with van der Waals surface area (Å²) in [6, 6.07) is 3.51. The van der Waals surface area contributed by atoms with Crippen molar-refractivity contribution < 1.29 is 9.59 Å². The molecule has 1 aliphatic rings. The molecule has 6 nitrogen and oxygen atoms in total. The summed E-state index contributed by atoms with van der Waals surface area (Å²) in [6.07, 6.45) is 3.84. The molecule has 122 valence electrons. The lowest BCUT2D eigenvalue weighted by Crippen LogP contribution is -2.57. The summed E-state index contributed by atoms with van der Waals surface area (Å²) in [5, 5.41) is 5.63. The molecule has 1 aliphatic heterocycles. The number of thioether (sulfide) groups is 1. The van der Waals surface area contributed by atoms with Crippen LogP contribution in [0.1, 0.15) is 25.1 Å². The first-order valence-electron chi connectivity index (χ1n) is 7.52. The highest BCUT2D eigenvalue weighted by atomic mass is 32.2. The Labute approximate surface area is 139 Å². The second-order valence-electron chi connectivity index (χ2n) is 6.27. The van der Waals surface area contributed by atoms with Crippen molar-refractivity contribution in [3.05, 3.63) is 35.8 Å². The molecule has 7 heteroatoms. The molecule has 1 saturated heterocycles. The first-order valence-corrected chi connectivity index (χ1v) is 8.50.